The van der Waals surface area contributed by atoms with E-state index in [1.807, 2.05) is 12.1 Å². The third kappa shape index (κ3) is 2.57. The molecule has 0 amide bonds. The zero-order valence-electron chi connectivity index (χ0n) is 14.9. The predicted molar refractivity (Wildman–Crippen MR) is 102 cm³/mol. The molecule has 27 heavy (non-hydrogen) atoms. The van der Waals surface area contributed by atoms with E-state index in [0.29, 0.717) is 5.75 Å². The third-order valence-corrected chi connectivity index (χ3v) is 7.62. The molecule has 4 fully saturated rings. The largest absolute Gasteiger partial charge is 0.611 e. The molecular weight excluding hydrogens is 362 g/mol. The molecule has 5 aliphatic rings. The number of pyridine rings is 1. The van der Waals surface area contributed by atoms with Crippen molar-refractivity contribution in [2.75, 3.05) is 29.1 Å². The molecule has 4 heterocycles. The number of ether oxygens (including phenoxy) is 1. The Morgan fingerprint density at radius 2 is 2.11 bits per heavy atom. The van der Waals surface area contributed by atoms with Crippen molar-refractivity contribution in [3.8, 4) is 5.75 Å². The van der Waals surface area contributed by atoms with Gasteiger partial charge in [0.15, 0.2) is 5.82 Å². The van der Waals surface area contributed by atoms with Gasteiger partial charge in [-0.2, -0.15) is 4.98 Å². The third-order valence-electron chi connectivity index (χ3n) is 6.17. The van der Waals surface area contributed by atoms with Gasteiger partial charge in [0.1, 0.15) is 23.3 Å². The second-order valence-electron chi connectivity index (χ2n) is 8.16. The smallest absolute Gasteiger partial charge is 0.228 e. The molecule has 1 N–H and O–H groups in total. The van der Waals surface area contributed by atoms with E-state index in [0.717, 1.165) is 53.5 Å². The first-order valence-corrected chi connectivity index (χ1v) is 10.9. The van der Waals surface area contributed by atoms with Crippen molar-refractivity contribution in [3.05, 3.63) is 30.2 Å². The van der Waals surface area contributed by atoms with Gasteiger partial charge in [-0.15, -0.1) is 0 Å². The van der Waals surface area contributed by atoms with Crippen molar-refractivity contribution >= 4 is 22.9 Å². The van der Waals surface area contributed by atoms with Crippen LogP contribution in [0.3, 0.4) is 0 Å². The van der Waals surface area contributed by atoms with E-state index in [4.69, 9.17) is 14.7 Å². The Balaban J connectivity index is 1.21. The van der Waals surface area contributed by atoms with E-state index >= 15 is 0 Å². The van der Waals surface area contributed by atoms with Gasteiger partial charge in [-0.05, 0) is 48.5 Å². The van der Waals surface area contributed by atoms with Crippen molar-refractivity contribution in [1.29, 1.82) is 0 Å². The lowest BCUT2D eigenvalue weighted by Gasteiger charge is -2.62. The summed E-state index contributed by atoms with van der Waals surface area (Å²) in [5.41, 5.74) is 1.15. The molecule has 1 saturated heterocycles. The molecule has 0 aromatic carbocycles. The topological polar surface area (TPSA) is 86.2 Å². The molecule has 140 valence electrons. The predicted octanol–water partition coefficient (Wildman–Crippen LogP) is 1.77. The average Bonchev–Trinajstić information content (AvgIpc) is 2.95. The zero-order chi connectivity index (χ0) is 18.0. The molecule has 2 bridgehead atoms. The van der Waals surface area contributed by atoms with Crippen LogP contribution in [0, 0.1) is 5.92 Å². The number of hydrogen-bond donors (Lipinski definition) is 1. The van der Waals surface area contributed by atoms with Crippen LogP contribution >= 0.6 is 0 Å². The van der Waals surface area contributed by atoms with Crippen LogP contribution in [0.2, 0.25) is 0 Å². The molecule has 2 aliphatic heterocycles. The Hall–Kier alpha value is -2.06. The van der Waals surface area contributed by atoms with Crippen LogP contribution in [0.5, 0.6) is 5.75 Å². The van der Waals surface area contributed by atoms with Crippen molar-refractivity contribution < 1.29 is 9.29 Å². The van der Waals surface area contributed by atoms with Gasteiger partial charge in [0.2, 0.25) is 10.8 Å². The number of nitrogens with zero attached hydrogens (tertiary/aromatic N) is 4. The second kappa shape index (κ2) is 5.72. The molecule has 1 atom stereocenters. The van der Waals surface area contributed by atoms with Crippen LogP contribution in [0.4, 0.5) is 11.8 Å². The molecule has 0 unspecified atom stereocenters. The van der Waals surface area contributed by atoms with Crippen molar-refractivity contribution in [1.82, 2.24) is 15.0 Å². The van der Waals surface area contributed by atoms with Gasteiger partial charge < -0.3 is 19.5 Å². The highest BCUT2D eigenvalue weighted by atomic mass is 32.2. The Kier molecular flexibility index (Phi) is 3.38. The van der Waals surface area contributed by atoms with Gasteiger partial charge in [-0.25, -0.2) is 4.98 Å². The van der Waals surface area contributed by atoms with Crippen LogP contribution in [-0.2, 0) is 17.6 Å². The number of hydrogen-bond acceptors (Lipinski definition) is 7. The average molecular weight is 383 g/mol. The van der Waals surface area contributed by atoms with E-state index in [1.54, 1.807) is 12.4 Å². The molecule has 0 radical (unpaired) electrons. The zero-order valence-corrected chi connectivity index (χ0v) is 15.7. The quantitative estimate of drug-likeness (QED) is 0.788. The van der Waals surface area contributed by atoms with Gasteiger partial charge in [0.05, 0.1) is 19.3 Å². The maximum Gasteiger partial charge on any atom is 0.228 e. The molecule has 8 heteroatoms. The van der Waals surface area contributed by atoms with E-state index in [-0.39, 0.29) is 11.6 Å². The van der Waals surface area contributed by atoms with E-state index in [9.17, 15) is 4.55 Å². The Morgan fingerprint density at radius 1 is 1.26 bits per heavy atom. The molecule has 2 aromatic heterocycles. The fraction of sp³-hybridized carbons (Fsp3) is 0.526. The summed E-state index contributed by atoms with van der Waals surface area (Å²) in [5, 5.41) is 3.64. The summed E-state index contributed by atoms with van der Waals surface area (Å²) in [7, 11) is 0. The minimum atomic E-state index is -0.981. The van der Waals surface area contributed by atoms with Gasteiger partial charge >= 0.3 is 0 Å². The van der Waals surface area contributed by atoms with Gasteiger partial charge in [0.25, 0.3) is 0 Å². The summed E-state index contributed by atoms with van der Waals surface area (Å²) >= 11 is -0.981. The molecular formula is C19H21N5O2S. The Labute approximate surface area is 160 Å². The van der Waals surface area contributed by atoms with E-state index in [1.165, 1.54) is 19.3 Å². The summed E-state index contributed by atoms with van der Waals surface area (Å²) in [6.07, 6.45) is 8.02. The first-order valence-electron chi connectivity index (χ1n) is 9.57. The van der Waals surface area contributed by atoms with E-state index < -0.39 is 11.2 Å². The number of rotatable bonds is 5. The van der Waals surface area contributed by atoms with Crippen molar-refractivity contribution in [3.63, 3.8) is 0 Å². The summed E-state index contributed by atoms with van der Waals surface area (Å²) in [6, 6.07) is 3.79. The van der Waals surface area contributed by atoms with Crippen LogP contribution in [0.25, 0.3) is 0 Å². The summed E-state index contributed by atoms with van der Waals surface area (Å²) in [6.45, 7) is 1.51. The van der Waals surface area contributed by atoms with E-state index in [2.05, 4.69) is 15.2 Å². The first-order chi connectivity index (χ1) is 13.2. The maximum atomic E-state index is 12.5. The van der Waals surface area contributed by atoms with Crippen LogP contribution in [0.15, 0.2) is 29.4 Å². The number of nitrogens with one attached hydrogen (secondary N) is 1. The molecule has 7 nitrogen and oxygen atoms in total. The number of aryl methyl sites for hydroxylation is 1. The number of aromatic nitrogens is 3. The van der Waals surface area contributed by atoms with Crippen molar-refractivity contribution in [2.45, 2.75) is 42.2 Å². The monoisotopic (exact) mass is 383 g/mol. The lowest BCUT2D eigenvalue weighted by Crippen LogP contribution is -2.63. The fourth-order valence-electron chi connectivity index (χ4n) is 4.58. The molecule has 3 aliphatic carbocycles. The van der Waals surface area contributed by atoms with Gasteiger partial charge in [-0.3, -0.25) is 4.98 Å². The lowest BCUT2D eigenvalue weighted by molar-refractivity contribution is 0.00157. The Morgan fingerprint density at radius 3 is 2.81 bits per heavy atom. The molecule has 0 spiro atoms. The van der Waals surface area contributed by atoms with Gasteiger partial charge in [-0.1, -0.05) is 0 Å². The van der Waals surface area contributed by atoms with Gasteiger partial charge in [0, 0.05) is 18.2 Å². The summed E-state index contributed by atoms with van der Waals surface area (Å²) in [4.78, 5) is 16.6. The molecule has 7 rings (SSSR count). The molecule has 3 saturated carbocycles. The van der Waals surface area contributed by atoms with Crippen LogP contribution < -0.4 is 15.0 Å². The minimum absolute atomic E-state index is 0.120. The lowest BCUT2D eigenvalue weighted by atomic mass is 9.50. The normalized spacial score (nSPS) is 30.8. The standard InChI is InChI=1S/C19H21N5O2S/c25-27-5-3-15-16(27)17(23-19-6-12(7-19)8-19)22-18(21-15)24-10-14(11-24)26-13-2-1-4-20-9-13/h1-2,4,9,12,14H,3,5-8,10-11H2,(H,21,22,23)/t12?,19?,27-/m1/s1. The van der Waals surface area contributed by atoms with Crippen LogP contribution in [0.1, 0.15) is 25.0 Å². The highest BCUT2D eigenvalue weighted by Crippen LogP contribution is 2.59. The Bertz CT molecular complexity index is 872. The fourth-order valence-corrected chi connectivity index (χ4v) is 5.88. The molecule has 2 aromatic rings. The minimum Gasteiger partial charge on any atom is -0.611 e. The summed E-state index contributed by atoms with van der Waals surface area (Å²) < 4.78 is 18.4. The van der Waals surface area contributed by atoms with Crippen LogP contribution in [-0.4, -0.2) is 50.0 Å². The highest BCUT2D eigenvalue weighted by Gasteiger charge is 2.57. The van der Waals surface area contributed by atoms with Crippen molar-refractivity contribution in [2.24, 2.45) is 5.92 Å². The SMILES string of the molecule is [O-][S@+]1CCc2nc(N3CC(Oc4cccnc4)C3)nc(NC34CC(C3)C4)c21. The first kappa shape index (κ1) is 15.9. The second-order valence-corrected chi connectivity index (χ2v) is 9.67. The number of anilines is 2. The summed E-state index contributed by atoms with van der Waals surface area (Å²) in [5.74, 6) is 3.87. The highest BCUT2D eigenvalue weighted by molar-refractivity contribution is 7.91. The number of fused-ring (bicyclic) bond motifs is 1. The maximum absolute atomic E-state index is 12.5.